The molecule has 2 aliphatic carbocycles. The van der Waals surface area contributed by atoms with Gasteiger partial charge in [0.1, 0.15) is 0 Å². The molecule has 3 N–H and O–H groups in total. The van der Waals surface area contributed by atoms with Crippen LogP contribution in [0.2, 0.25) is 5.02 Å². The first-order valence-electron chi connectivity index (χ1n) is 13.9. The number of halogens is 1. The highest BCUT2D eigenvalue weighted by Gasteiger charge is 2.49. The third-order valence-electron chi connectivity index (χ3n) is 8.77. The van der Waals surface area contributed by atoms with Crippen LogP contribution >= 0.6 is 11.6 Å². The molecule has 6 nitrogen and oxygen atoms in total. The molecule has 198 valence electrons. The second-order valence-corrected chi connectivity index (χ2v) is 11.4. The van der Waals surface area contributed by atoms with Crippen molar-refractivity contribution in [1.29, 1.82) is 0 Å². The monoisotopic (exact) mass is 530 g/mol. The fourth-order valence-corrected chi connectivity index (χ4v) is 7.11. The molecule has 2 heterocycles. The summed E-state index contributed by atoms with van der Waals surface area (Å²) in [6.07, 6.45) is 14.5. The van der Waals surface area contributed by atoms with Crippen molar-refractivity contribution in [2.75, 3.05) is 17.2 Å². The van der Waals surface area contributed by atoms with Gasteiger partial charge in [-0.05, 0) is 61.6 Å². The summed E-state index contributed by atoms with van der Waals surface area (Å²) in [5.41, 5.74) is 3.04. The van der Waals surface area contributed by atoms with Crippen LogP contribution in [-0.2, 0) is 4.79 Å². The van der Waals surface area contributed by atoms with Gasteiger partial charge in [-0.3, -0.25) is 4.79 Å². The molecule has 1 saturated carbocycles. The van der Waals surface area contributed by atoms with Crippen LogP contribution in [0.25, 0.3) is 0 Å². The molecule has 38 heavy (non-hydrogen) atoms. The number of carbonyl (C=O) groups excluding carboxylic acids is 2. The van der Waals surface area contributed by atoms with Gasteiger partial charge in [-0.2, -0.15) is 0 Å². The average Bonchev–Trinajstić information content (AvgIpc) is 3.40. The molecule has 2 aromatic carbocycles. The number of benzene rings is 2. The van der Waals surface area contributed by atoms with E-state index in [1.807, 2.05) is 0 Å². The lowest BCUT2D eigenvalue weighted by Gasteiger charge is -2.44. The number of rotatable bonds is 4. The quantitative estimate of drug-likeness (QED) is 0.420. The topological polar surface area (TPSA) is 73.5 Å². The van der Waals surface area contributed by atoms with Crippen LogP contribution in [0.4, 0.5) is 16.2 Å². The number of hydrogen-bond donors (Lipinski definition) is 3. The lowest BCUT2D eigenvalue weighted by Crippen LogP contribution is -2.51. The largest absolute Gasteiger partial charge is 0.381 e. The van der Waals surface area contributed by atoms with E-state index in [4.69, 9.17) is 11.6 Å². The van der Waals surface area contributed by atoms with Crippen molar-refractivity contribution in [3.63, 3.8) is 0 Å². The molecule has 6 rings (SSSR count). The number of nitrogens with one attached hydrogen (secondary N) is 3. The number of likely N-dealkylation sites (tertiary alicyclic amines) is 1. The van der Waals surface area contributed by atoms with Gasteiger partial charge in [-0.25, -0.2) is 4.79 Å². The Balaban J connectivity index is 1.21. The van der Waals surface area contributed by atoms with Crippen molar-refractivity contribution in [1.82, 2.24) is 10.2 Å². The standard InChI is InChI=1S/C31H35ClN4O2/c32-21-14-16-22(17-15-21)33-31(38)35-27-13-7-5-11-24(27)30(37)36-19-18-25-28(20-8-2-1-3-9-20)34-26-12-6-4-10-23(26)29(25)36/h1-4,6,8,10,12,14-17,20,24-25,27-29,34H,5,7,9,11,13,18-19H2,(H2,33,35,38)/t20?,24-,25+,27+,28-,29-/m0/s1. The molecular weight excluding hydrogens is 496 g/mol. The van der Waals surface area contributed by atoms with Crippen LogP contribution in [0.1, 0.15) is 50.1 Å². The lowest BCUT2D eigenvalue weighted by molar-refractivity contribution is -0.138. The van der Waals surface area contributed by atoms with E-state index in [9.17, 15) is 9.59 Å². The van der Waals surface area contributed by atoms with Gasteiger partial charge in [-0.15, -0.1) is 0 Å². The zero-order valence-electron chi connectivity index (χ0n) is 21.5. The van der Waals surface area contributed by atoms with E-state index in [0.717, 1.165) is 50.8 Å². The van der Waals surface area contributed by atoms with Crippen molar-refractivity contribution in [2.24, 2.45) is 17.8 Å². The van der Waals surface area contributed by atoms with E-state index in [1.54, 1.807) is 24.3 Å². The molecule has 0 bridgehead atoms. The van der Waals surface area contributed by atoms with E-state index in [0.29, 0.717) is 28.6 Å². The zero-order chi connectivity index (χ0) is 26.1. The molecule has 2 fully saturated rings. The van der Waals surface area contributed by atoms with Crippen LogP contribution < -0.4 is 16.0 Å². The summed E-state index contributed by atoms with van der Waals surface area (Å²) in [5.74, 6) is 0.745. The summed E-state index contributed by atoms with van der Waals surface area (Å²) in [5, 5.41) is 10.5. The lowest BCUT2D eigenvalue weighted by atomic mass is 9.75. The summed E-state index contributed by atoms with van der Waals surface area (Å²) in [7, 11) is 0. The van der Waals surface area contributed by atoms with Crippen LogP contribution in [0.15, 0.2) is 72.8 Å². The molecule has 6 atom stereocenters. The Hall–Kier alpha value is -3.25. The molecule has 2 aliphatic heterocycles. The van der Waals surface area contributed by atoms with Crippen molar-refractivity contribution < 1.29 is 9.59 Å². The number of nitrogens with zero attached hydrogens (tertiary/aromatic N) is 1. The number of urea groups is 1. The van der Waals surface area contributed by atoms with E-state index < -0.39 is 0 Å². The number of carbonyl (C=O) groups is 2. The maximum Gasteiger partial charge on any atom is 0.319 e. The SMILES string of the molecule is O=C(Nc1ccc(Cl)cc1)N[C@@H]1CCCC[C@@H]1C(=O)N1CC[C@@H]2[C@H](C3C=CC=CC3)Nc3ccccc3[C@@H]21. The Morgan fingerprint density at radius 3 is 2.61 bits per heavy atom. The minimum atomic E-state index is -0.277. The molecule has 0 spiro atoms. The van der Waals surface area contributed by atoms with Crippen LogP contribution in [0, 0.1) is 17.8 Å². The summed E-state index contributed by atoms with van der Waals surface area (Å²) in [4.78, 5) is 29.2. The van der Waals surface area contributed by atoms with Crippen molar-refractivity contribution >= 4 is 34.9 Å². The van der Waals surface area contributed by atoms with Gasteiger partial charge >= 0.3 is 6.03 Å². The number of anilines is 2. The Labute approximate surface area is 229 Å². The Bertz CT molecular complexity index is 1240. The van der Waals surface area contributed by atoms with Gasteiger partial charge in [0.2, 0.25) is 5.91 Å². The first-order valence-corrected chi connectivity index (χ1v) is 14.3. The molecular formula is C31H35ClN4O2. The van der Waals surface area contributed by atoms with Gasteiger partial charge in [0.15, 0.2) is 0 Å². The highest BCUT2D eigenvalue weighted by atomic mass is 35.5. The Kier molecular flexibility index (Phi) is 7.16. The molecule has 1 saturated heterocycles. The summed E-state index contributed by atoms with van der Waals surface area (Å²) in [6.45, 7) is 0.757. The van der Waals surface area contributed by atoms with E-state index in [-0.39, 0.29) is 29.9 Å². The second kappa shape index (κ2) is 10.9. The van der Waals surface area contributed by atoms with Crippen molar-refractivity contribution in [3.8, 4) is 0 Å². The summed E-state index contributed by atoms with van der Waals surface area (Å²) in [6, 6.07) is 15.4. The Morgan fingerprint density at radius 2 is 1.79 bits per heavy atom. The smallest absolute Gasteiger partial charge is 0.319 e. The summed E-state index contributed by atoms with van der Waals surface area (Å²) >= 11 is 5.97. The molecule has 4 aliphatic rings. The predicted octanol–water partition coefficient (Wildman–Crippen LogP) is 6.54. The number of allylic oxidation sites excluding steroid dienone is 3. The fraction of sp³-hybridized carbons (Fsp3) is 0.419. The van der Waals surface area contributed by atoms with E-state index in [2.05, 4.69) is 69.4 Å². The maximum absolute atomic E-state index is 14.2. The minimum absolute atomic E-state index is 0.0646. The van der Waals surface area contributed by atoms with E-state index in [1.165, 1.54) is 5.56 Å². The van der Waals surface area contributed by atoms with Crippen LogP contribution in [-0.4, -0.2) is 35.5 Å². The number of hydrogen-bond acceptors (Lipinski definition) is 3. The fourth-order valence-electron chi connectivity index (χ4n) is 6.98. The van der Waals surface area contributed by atoms with Crippen molar-refractivity contribution in [2.45, 2.75) is 56.7 Å². The van der Waals surface area contributed by atoms with Gasteiger partial charge in [-0.1, -0.05) is 66.9 Å². The van der Waals surface area contributed by atoms with Gasteiger partial charge < -0.3 is 20.9 Å². The highest BCUT2D eigenvalue weighted by Crippen LogP contribution is 2.49. The molecule has 3 amide bonds. The number of para-hydroxylation sites is 1. The molecule has 7 heteroatoms. The van der Waals surface area contributed by atoms with Gasteiger partial charge in [0, 0.05) is 46.9 Å². The second-order valence-electron chi connectivity index (χ2n) is 11.0. The number of amides is 3. The van der Waals surface area contributed by atoms with Gasteiger partial charge in [0.05, 0.1) is 12.0 Å². The molecule has 2 aromatic rings. The zero-order valence-corrected chi connectivity index (χ0v) is 22.2. The first kappa shape index (κ1) is 25.1. The van der Waals surface area contributed by atoms with Crippen LogP contribution in [0.5, 0.6) is 0 Å². The molecule has 1 unspecified atom stereocenters. The maximum atomic E-state index is 14.2. The summed E-state index contributed by atoms with van der Waals surface area (Å²) < 4.78 is 0. The normalized spacial score (nSPS) is 29.7. The minimum Gasteiger partial charge on any atom is -0.381 e. The first-order chi connectivity index (χ1) is 18.6. The van der Waals surface area contributed by atoms with Gasteiger partial charge in [0.25, 0.3) is 0 Å². The predicted molar refractivity (Wildman–Crippen MR) is 152 cm³/mol. The Morgan fingerprint density at radius 1 is 0.974 bits per heavy atom. The molecule has 0 aromatic heterocycles. The third kappa shape index (κ3) is 4.94. The average molecular weight is 531 g/mol. The highest BCUT2D eigenvalue weighted by molar-refractivity contribution is 6.30. The van der Waals surface area contributed by atoms with E-state index >= 15 is 0 Å². The third-order valence-corrected chi connectivity index (χ3v) is 9.02. The molecule has 0 radical (unpaired) electrons. The van der Waals surface area contributed by atoms with Crippen molar-refractivity contribution in [3.05, 3.63) is 83.4 Å². The number of fused-ring (bicyclic) bond motifs is 3. The van der Waals surface area contributed by atoms with Crippen LogP contribution in [0.3, 0.4) is 0 Å².